The van der Waals surface area contributed by atoms with E-state index in [1.807, 2.05) is 13.8 Å². The summed E-state index contributed by atoms with van der Waals surface area (Å²) in [5, 5.41) is 6.05. The maximum atomic E-state index is 13.9. The van der Waals surface area contributed by atoms with Crippen LogP contribution in [0.25, 0.3) is 0 Å². The van der Waals surface area contributed by atoms with Gasteiger partial charge in [-0.05, 0) is 37.3 Å². The zero-order chi connectivity index (χ0) is 18.8. The molecule has 26 heavy (non-hydrogen) atoms. The van der Waals surface area contributed by atoms with Crippen molar-refractivity contribution in [3.8, 4) is 0 Å². The monoisotopic (exact) mass is 365 g/mol. The molecule has 3 atom stereocenters. The Kier molecular flexibility index (Phi) is 5.55. The van der Waals surface area contributed by atoms with Gasteiger partial charge < -0.3 is 15.5 Å². The third kappa shape index (κ3) is 3.87. The predicted molar refractivity (Wildman–Crippen MR) is 93.6 cm³/mol. The minimum atomic E-state index is -0.936. The van der Waals surface area contributed by atoms with Gasteiger partial charge >= 0.3 is 0 Å². The predicted octanol–water partition coefficient (Wildman–Crippen LogP) is 2.07. The van der Waals surface area contributed by atoms with Gasteiger partial charge in [-0.15, -0.1) is 0 Å². The Morgan fingerprint density at radius 3 is 2.46 bits per heavy atom. The van der Waals surface area contributed by atoms with Gasteiger partial charge in [0.2, 0.25) is 5.91 Å². The summed E-state index contributed by atoms with van der Waals surface area (Å²) in [5.74, 6) is -3.17. The molecule has 0 spiro atoms. The Balaban J connectivity index is 1.74. The maximum Gasteiger partial charge on any atom is 0.257 e. The first-order chi connectivity index (χ1) is 12.4. The van der Waals surface area contributed by atoms with Crippen LogP contribution in [0.1, 0.15) is 43.5 Å². The number of nitrogens with one attached hydrogen (secondary N) is 2. The summed E-state index contributed by atoms with van der Waals surface area (Å²) >= 11 is 0. The lowest BCUT2D eigenvalue weighted by Gasteiger charge is -2.31. The van der Waals surface area contributed by atoms with E-state index in [0.29, 0.717) is 19.1 Å². The fourth-order valence-electron chi connectivity index (χ4n) is 3.78. The quantitative estimate of drug-likeness (QED) is 0.859. The van der Waals surface area contributed by atoms with Gasteiger partial charge in [-0.1, -0.05) is 19.9 Å². The van der Waals surface area contributed by atoms with Gasteiger partial charge in [0, 0.05) is 25.2 Å². The average Bonchev–Trinajstić information content (AvgIpc) is 2.90. The van der Waals surface area contributed by atoms with Crippen molar-refractivity contribution in [2.75, 3.05) is 13.1 Å². The molecule has 2 aliphatic rings. The van der Waals surface area contributed by atoms with E-state index in [9.17, 15) is 18.4 Å². The standard InChI is InChI=1S/C19H25F2N3O2/c1-11(2)17(23-18(25)16-14(20)4-3-5-15(16)21)19(26)24-9-8-12-6-7-13(10-24)22-12/h3-5,11-13,17,22H,6-10H2,1-2H3,(H,23,25). The van der Waals surface area contributed by atoms with E-state index in [4.69, 9.17) is 0 Å². The number of carbonyl (C=O) groups excluding carboxylic acids is 2. The van der Waals surface area contributed by atoms with Crippen molar-refractivity contribution < 1.29 is 18.4 Å². The first-order valence-electron chi connectivity index (χ1n) is 9.16. The first-order valence-corrected chi connectivity index (χ1v) is 9.16. The van der Waals surface area contributed by atoms with Gasteiger partial charge in [-0.25, -0.2) is 8.78 Å². The summed E-state index contributed by atoms with van der Waals surface area (Å²) in [4.78, 5) is 27.2. The van der Waals surface area contributed by atoms with E-state index >= 15 is 0 Å². The average molecular weight is 365 g/mol. The Morgan fingerprint density at radius 1 is 1.15 bits per heavy atom. The van der Waals surface area contributed by atoms with Crippen molar-refractivity contribution in [2.24, 2.45) is 5.92 Å². The maximum absolute atomic E-state index is 13.9. The summed E-state index contributed by atoms with van der Waals surface area (Å²) in [6.07, 6.45) is 3.04. The molecular formula is C19H25F2N3O2. The highest BCUT2D eigenvalue weighted by molar-refractivity contribution is 5.98. The van der Waals surface area contributed by atoms with Gasteiger partial charge in [-0.3, -0.25) is 9.59 Å². The lowest BCUT2D eigenvalue weighted by Crippen LogP contribution is -2.53. The number of carbonyl (C=O) groups is 2. The summed E-state index contributed by atoms with van der Waals surface area (Å²) in [7, 11) is 0. The molecule has 0 aromatic heterocycles. The van der Waals surface area contributed by atoms with Crippen LogP contribution in [0.2, 0.25) is 0 Å². The van der Waals surface area contributed by atoms with Crippen LogP contribution in [-0.4, -0.2) is 47.9 Å². The van der Waals surface area contributed by atoms with E-state index < -0.39 is 29.1 Å². The smallest absolute Gasteiger partial charge is 0.257 e. The summed E-state index contributed by atoms with van der Waals surface area (Å²) in [6.45, 7) is 4.84. The number of hydrogen-bond donors (Lipinski definition) is 2. The minimum absolute atomic E-state index is 0.195. The van der Waals surface area contributed by atoms with Crippen molar-refractivity contribution in [1.82, 2.24) is 15.5 Å². The third-order valence-corrected chi connectivity index (χ3v) is 5.24. The number of hydrogen-bond acceptors (Lipinski definition) is 3. The van der Waals surface area contributed by atoms with Crippen LogP contribution in [0.5, 0.6) is 0 Å². The molecule has 0 aliphatic carbocycles. The zero-order valence-electron chi connectivity index (χ0n) is 15.1. The van der Waals surface area contributed by atoms with Crippen LogP contribution in [0.15, 0.2) is 18.2 Å². The second kappa shape index (κ2) is 7.70. The van der Waals surface area contributed by atoms with Crippen molar-refractivity contribution in [3.63, 3.8) is 0 Å². The summed E-state index contributed by atoms with van der Waals surface area (Å²) < 4.78 is 27.7. The van der Waals surface area contributed by atoms with Crippen LogP contribution in [0.4, 0.5) is 8.78 Å². The van der Waals surface area contributed by atoms with Gasteiger partial charge in [0.05, 0.1) is 0 Å². The van der Waals surface area contributed by atoms with E-state index in [2.05, 4.69) is 10.6 Å². The van der Waals surface area contributed by atoms with E-state index in [1.165, 1.54) is 6.07 Å². The molecule has 2 heterocycles. The topological polar surface area (TPSA) is 61.4 Å². The highest BCUT2D eigenvalue weighted by atomic mass is 19.1. The van der Waals surface area contributed by atoms with Crippen molar-refractivity contribution in [3.05, 3.63) is 35.4 Å². The molecule has 2 bridgehead atoms. The second-order valence-corrected chi connectivity index (χ2v) is 7.50. The molecule has 2 saturated heterocycles. The minimum Gasteiger partial charge on any atom is -0.340 e. The molecule has 0 radical (unpaired) electrons. The highest BCUT2D eigenvalue weighted by Crippen LogP contribution is 2.22. The molecule has 1 aromatic carbocycles. The van der Waals surface area contributed by atoms with Crippen LogP contribution in [0, 0.1) is 17.6 Å². The Hall–Kier alpha value is -2.02. The van der Waals surface area contributed by atoms with Crippen LogP contribution in [-0.2, 0) is 4.79 Å². The molecule has 3 rings (SSSR count). The fraction of sp³-hybridized carbons (Fsp3) is 0.579. The molecule has 2 N–H and O–H groups in total. The van der Waals surface area contributed by atoms with Crippen LogP contribution < -0.4 is 10.6 Å². The Morgan fingerprint density at radius 2 is 1.81 bits per heavy atom. The summed E-state index contributed by atoms with van der Waals surface area (Å²) in [6, 6.07) is 3.16. The third-order valence-electron chi connectivity index (χ3n) is 5.24. The molecule has 5 nitrogen and oxygen atoms in total. The lowest BCUT2D eigenvalue weighted by atomic mass is 10.0. The number of halogens is 2. The molecule has 142 valence electrons. The van der Waals surface area contributed by atoms with Crippen LogP contribution >= 0.6 is 0 Å². The normalized spacial score (nSPS) is 23.7. The number of likely N-dealkylation sites (tertiary alicyclic amines) is 1. The Bertz CT molecular complexity index is 675. The van der Waals surface area contributed by atoms with E-state index in [0.717, 1.165) is 31.4 Å². The van der Waals surface area contributed by atoms with Gasteiger partial charge in [0.15, 0.2) is 0 Å². The van der Waals surface area contributed by atoms with E-state index in [1.54, 1.807) is 4.90 Å². The number of nitrogens with zero attached hydrogens (tertiary/aromatic N) is 1. The first kappa shape index (κ1) is 18.8. The SMILES string of the molecule is CC(C)C(NC(=O)c1c(F)cccc1F)C(=O)N1CCC2CCC(C1)N2. The van der Waals surface area contributed by atoms with Gasteiger partial charge in [-0.2, -0.15) is 0 Å². The molecule has 0 saturated carbocycles. The molecule has 2 fully saturated rings. The summed E-state index contributed by atoms with van der Waals surface area (Å²) in [5.41, 5.74) is -0.650. The number of fused-ring (bicyclic) bond motifs is 2. The van der Waals surface area contributed by atoms with E-state index in [-0.39, 0.29) is 17.9 Å². The fourth-order valence-corrected chi connectivity index (χ4v) is 3.78. The van der Waals surface area contributed by atoms with Crippen molar-refractivity contribution in [1.29, 1.82) is 0 Å². The van der Waals surface area contributed by atoms with Crippen LogP contribution in [0.3, 0.4) is 0 Å². The molecular weight excluding hydrogens is 340 g/mol. The highest BCUT2D eigenvalue weighted by Gasteiger charge is 2.35. The number of benzene rings is 1. The van der Waals surface area contributed by atoms with Gasteiger partial charge in [0.1, 0.15) is 23.2 Å². The molecule has 2 amide bonds. The Labute approximate surface area is 152 Å². The molecule has 7 heteroatoms. The number of rotatable bonds is 4. The van der Waals surface area contributed by atoms with Crippen molar-refractivity contribution >= 4 is 11.8 Å². The van der Waals surface area contributed by atoms with Crippen molar-refractivity contribution in [2.45, 2.75) is 51.2 Å². The molecule has 2 aliphatic heterocycles. The zero-order valence-corrected chi connectivity index (χ0v) is 15.1. The lowest BCUT2D eigenvalue weighted by molar-refractivity contribution is -0.134. The van der Waals surface area contributed by atoms with Gasteiger partial charge in [0.25, 0.3) is 5.91 Å². The largest absolute Gasteiger partial charge is 0.340 e. The number of amides is 2. The second-order valence-electron chi connectivity index (χ2n) is 7.50. The molecule has 1 aromatic rings. The molecule has 3 unspecified atom stereocenters.